The molecule has 0 saturated heterocycles. The van der Waals surface area contributed by atoms with Gasteiger partial charge in [-0.25, -0.2) is 0 Å². The van der Waals surface area contributed by atoms with Crippen LogP contribution in [0.4, 0.5) is 2.87 Å². The summed E-state index contributed by atoms with van der Waals surface area (Å²) in [6.45, 7) is 0.551. The van der Waals surface area contributed by atoms with Crippen molar-refractivity contribution in [3.8, 4) is 0 Å². The molecule has 0 aliphatic carbocycles. The molecule has 0 saturated carbocycles. The number of benzene rings is 1. The first-order chi connectivity index (χ1) is 6.22. The summed E-state index contributed by atoms with van der Waals surface area (Å²) in [6, 6.07) is 7.42. The SMILES string of the molecule is NC(N)=[NH+]Cc1ccc[c]([Sn][F])c1. The molecule has 2 radical (unpaired) electrons. The molecule has 5 N–H and O–H groups in total. The molecule has 0 unspecified atom stereocenters. The van der Waals surface area contributed by atoms with Gasteiger partial charge in [-0.1, -0.05) is 0 Å². The van der Waals surface area contributed by atoms with Crippen LogP contribution in [0.1, 0.15) is 5.56 Å². The van der Waals surface area contributed by atoms with Crippen LogP contribution in [-0.4, -0.2) is 27.7 Å². The average molecular weight is 287 g/mol. The van der Waals surface area contributed by atoms with Gasteiger partial charge in [-0.05, 0) is 0 Å². The molecule has 0 spiro atoms. The van der Waals surface area contributed by atoms with E-state index >= 15 is 0 Å². The van der Waals surface area contributed by atoms with Crippen molar-refractivity contribution in [2.24, 2.45) is 11.5 Å². The standard InChI is InChI=1S/C8H10N3.FH.Sn/c9-8(10)11-6-7-4-2-1-3-5-7;;/h1-2,4-5H,6H2,(H4,9,10,11);1H;/q;;+1. The van der Waals surface area contributed by atoms with Crippen molar-refractivity contribution in [1.82, 2.24) is 0 Å². The molecule has 1 aromatic carbocycles. The number of halogens is 1. The zero-order valence-electron chi connectivity index (χ0n) is 7.05. The molecular formula is C8H11FN3Sn+. The first-order valence-corrected chi connectivity index (χ1v) is 6.30. The van der Waals surface area contributed by atoms with Gasteiger partial charge in [0.15, 0.2) is 0 Å². The van der Waals surface area contributed by atoms with Gasteiger partial charge in [-0.15, -0.1) is 0 Å². The summed E-state index contributed by atoms with van der Waals surface area (Å²) in [4.78, 5) is 2.78. The summed E-state index contributed by atoms with van der Waals surface area (Å²) >= 11 is -1.81. The van der Waals surface area contributed by atoms with Gasteiger partial charge in [0, 0.05) is 0 Å². The van der Waals surface area contributed by atoms with Crippen molar-refractivity contribution in [2.45, 2.75) is 6.54 Å². The second-order valence-corrected chi connectivity index (χ2v) is 4.79. The van der Waals surface area contributed by atoms with E-state index in [9.17, 15) is 2.87 Å². The number of nitrogens with two attached hydrogens (primary N) is 2. The van der Waals surface area contributed by atoms with Crippen molar-refractivity contribution in [3.05, 3.63) is 29.8 Å². The van der Waals surface area contributed by atoms with E-state index in [2.05, 4.69) is 4.99 Å². The number of nitrogens with one attached hydrogen (secondary N) is 1. The van der Waals surface area contributed by atoms with Gasteiger partial charge in [0.05, 0.1) is 0 Å². The first-order valence-electron chi connectivity index (χ1n) is 3.79. The second kappa shape index (κ2) is 5.06. The molecule has 1 rings (SSSR count). The fourth-order valence-electron chi connectivity index (χ4n) is 0.944. The van der Waals surface area contributed by atoms with E-state index in [1.54, 1.807) is 0 Å². The minimum atomic E-state index is -1.81. The van der Waals surface area contributed by atoms with Crippen LogP contribution in [-0.2, 0) is 6.54 Å². The fraction of sp³-hybridized carbons (Fsp3) is 0.125. The fourth-order valence-corrected chi connectivity index (χ4v) is 2.08. The molecule has 0 aliphatic rings. The monoisotopic (exact) mass is 288 g/mol. The van der Waals surface area contributed by atoms with Crippen LogP contribution < -0.4 is 20.0 Å². The first kappa shape index (κ1) is 10.3. The van der Waals surface area contributed by atoms with Crippen LogP contribution in [0.3, 0.4) is 0 Å². The molecule has 68 valence electrons. The molecule has 5 heteroatoms. The molecule has 0 bridgehead atoms. The van der Waals surface area contributed by atoms with E-state index < -0.39 is 21.7 Å². The number of hydrogen-bond acceptors (Lipinski definition) is 0. The van der Waals surface area contributed by atoms with Crippen LogP contribution >= 0.6 is 0 Å². The number of hydrogen-bond donors (Lipinski definition) is 3. The number of rotatable bonds is 3. The van der Waals surface area contributed by atoms with Crippen LogP contribution in [0.5, 0.6) is 0 Å². The van der Waals surface area contributed by atoms with E-state index in [0.717, 1.165) is 9.14 Å². The zero-order valence-corrected chi connectivity index (χ0v) is 9.90. The Morgan fingerprint density at radius 3 is 2.85 bits per heavy atom. The molecule has 13 heavy (non-hydrogen) atoms. The van der Waals surface area contributed by atoms with Crippen LogP contribution in [0.25, 0.3) is 0 Å². The Balaban J connectivity index is 2.72. The van der Waals surface area contributed by atoms with E-state index in [-0.39, 0.29) is 5.96 Å². The quantitative estimate of drug-likeness (QED) is 0.334. The van der Waals surface area contributed by atoms with Crippen LogP contribution in [0.15, 0.2) is 24.3 Å². The van der Waals surface area contributed by atoms with Crippen molar-refractivity contribution in [2.75, 3.05) is 0 Å². The van der Waals surface area contributed by atoms with Gasteiger partial charge < -0.3 is 0 Å². The van der Waals surface area contributed by atoms with Crippen molar-refractivity contribution in [3.63, 3.8) is 0 Å². The zero-order chi connectivity index (χ0) is 9.68. The van der Waals surface area contributed by atoms with Crippen molar-refractivity contribution >= 4 is 31.3 Å². The van der Waals surface area contributed by atoms with E-state index in [1.165, 1.54) is 0 Å². The van der Waals surface area contributed by atoms with Crippen molar-refractivity contribution < 1.29 is 7.86 Å². The Labute approximate surface area is 87.0 Å². The molecule has 3 nitrogen and oxygen atoms in total. The van der Waals surface area contributed by atoms with Gasteiger partial charge in [-0.2, -0.15) is 0 Å². The summed E-state index contributed by atoms with van der Waals surface area (Å²) in [7, 11) is 0. The Morgan fingerprint density at radius 1 is 1.46 bits per heavy atom. The van der Waals surface area contributed by atoms with Gasteiger partial charge in [0.25, 0.3) is 0 Å². The summed E-state index contributed by atoms with van der Waals surface area (Å²) < 4.78 is 13.2. The normalized spacial score (nSPS) is 9.62. The molecule has 0 aliphatic heterocycles. The molecule has 0 fully saturated rings. The minimum absolute atomic E-state index is 0.186. The number of guanidine groups is 1. The summed E-state index contributed by atoms with van der Waals surface area (Å²) in [6.07, 6.45) is 0. The third kappa shape index (κ3) is 3.62. The van der Waals surface area contributed by atoms with E-state index in [4.69, 9.17) is 11.5 Å². The van der Waals surface area contributed by atoms with E-state index in [1.807, 2.05) is 24.3 Å². The van der Waals surface area contributed by atoms with Crippen molar-refractivity contribution in [1.29, 1.82) is 0 Å². The summed E-state index contributed by atoms with van der Waals surface area (Å²) in [5.74, 6) is 0.186. The molecular weight excluding hydrogens is 276 g/mol. The average Bonchev–Trinajstić information content (AvgIpc) is 2.15. The second-order valence-electron chi connectivity index (χ2n) is 2.60. The Kier molecular flexibility index (Phi) is 4.01. The molecule has 0 amide bonds. The maximum absolute atomic E-state index is 12.4. The van der Waals surface area contributed by atoms with Gasteiger partial charge in [0.1, 0.15) is 0 Å². The topological polar surface area (TPSA) is 66.0 Å². The molecule has 1 aromatic rings. The van der Waals surface area contributed by atoms with E-state index in [0.29, 0.717) is 6.54 Å². The predicted octanol–water partition coefficient (Wildman–Crippen LogP) is -2.25. The molecule has 0 atom stereocenters. The maximum atomic E-state index is 12.4. The van der Waals surface area contributed by atoms with Gasteiger partial charge in [-0.3, -0.25) is 0 Å². The molecule has 0 heterocycles. The Morgan fingerprint density at radius 2 is 2.23 bits per heavy atom. The Hall–Kier alpha value is -0.781. The predicted molar refractivity (Wildman–Crippen MR) is 51.0 cm³/mol. The van der Waals surface area contributed by atoms with Gasteiger partial charge >= 0.3 is 87.0 Å². The third-order valence-corrected chi connectivity index (χ3v) is 3.04. The summed E-state index contributed by atoms with van der Waals surface area (Å²) in [5, 5.41) is 0. The molecule has 0 aromatic heterocycles. The third-order valence-electron chi connectivity index (χ3n) is 1.53. The Bertz CT molecular complexity index is 310. The summed E-state index contributed by atoms with van der Waals surface area (Å²) in [5.41, 5.74) is 11.5. The van der Waals surface area contributed by atoms with Gasteiger partial charge in [0.2, 0.25) is 0 Å². The van der Waals surface area contributed by atoms with Crippen LogP contribution in [0, 0.1) is 0 Å². The van der Waals surface area contributed by atoms with Crippen LogP contribution in [0.2, 0.25) is 0 Å².